The zero-order valence-electron chi connectivity index (χ0n) is 24.2. The van der Waals surface area contributed by atoms with Crippen LogP contribution in [-0.4, -0.2) is 51.5 Å². The maximum atomic E-state index is 14.3. The molecule has 0 aliphatic carbocycles. The number of anilines is 1. The molecule has 1 heterocycles. The number of pyridine rings is 1. The van der Waals surface area contributed by atoms with Crippen LogP contribution in [0.4, 0.5) is 11.4 Å². The van der Waals surface area contributed by atoms with E-state index in [1.807, 2.05) is 26.0 Å². The molecular formula is C32H34N4O7. The third kappa shape index (κ3) is 7.44. The number of aryl methyl sites for hydroxylation is 1. The molecule has 224 valence electrons. The normalized spacial score (nSPS) is 12.4. The van der Waals surface area contributed by atoms with Gasteiger partial charge >= 0.3 is 5.97 Å². The number of nitrogens with zero attached hydrogens (tertiary/aromatic N) is 2. The van der Waals surface area contributed by atoms with Crippen molar-refractivity contribution in [3.05, 3.63) is 116 Å². The zero-order chi connectivity index (χ0) is 31.1. The second-order valence-electron chi connectivity index (χ2n) is 10.3. The number of aliphatic hydroxyl groups excluding tert-OH is 1. The van der Waals surface area contributed by atoms with E-state index in [-0.39, 0.29) is 43.5 Å². The Balaban J connectivity index is 1.78. The van der Waals surface area contributed by atoms with Gasteiger partial charge in [-0.2, -0.15) is 0 Å². The maximum Gasteiger partial charge on any atom is 0.325 e. The van der Waals surface area contributed by atoms with E-state index in [1.165, 1.54) is 23.1 Å². The summed E-state index contributed by atoms with van der Waals surface area (Å²) in [7, 11) is 0. The van der Waals surface area contributed by atoms with Gasteiger partial charge in [0.05, 0.1) is 11.5 Å². The minimum atomic E-state index is -1.01. The molecule has 43 heavy (non-hydrogen) atoms. The summed E-state index contributed by atoms with van der Waals surface area (Å²) in [4.78, 5) is 54.3. The molecule has 1 unspecified atom stereocenters. The number of rotatable bonds is 12. The largest absolute Gasteiger partial charge is 0.465 e. The fourth-order valence-electron chi connectivity index (χ4n) is 5.00. The minimum absolute atomic E-state index is 0.0387. The summed E-state index contributed by atoms with van der Waals surface area (Å²) >= 11 is 0. The van der Waals surface area contributed by atoms with Crippen LogP contribution in [0.3, 0.4) is 0 Å². The van der Waals surface area contributed by atoms with Crippen LogP contribution in [0.1, 0.15) is 48.1 Å². The molecule has 0 saturated heterocycles. The van der Waals surface area contributed by atoms with E-state index in [9.17, 15) is 29.6 Å². The van der Waals surface area contributed by atoms with Crippen LogP contribution < -0.4 is 10.9 Å². The van der Waals surface area contributed by atoms with Crippen molar-refractivity contribution in [3.63, 3.8) is 0 Å². The molecular weight excluding hydrogens is 552 g/mol. The minimum Gasteiger partial charge on any atom is -0.465 e. The number of H-pyrrole nitrogens is 1. The number of benzene rings is 3. The van der Waals surface area contributed by atoms with Gasteiger partial charge in [0, 0.05) is 48.5 Å². The first-order chi connectivity index (χ1) is 20.6. The van der Waals surface area contributed by atoms with Gasteiger partial charge in [-0.25, -0.2) is 0 Å². The summed E-state index contributed by atoms with van der Waals surface area (Å²) in [5, 5.41) is 25.5. The number of nitrogens with one attached hydrogen (secondary N) is 2. The van der Waals surface area contributed by atoms with E-state index in [2.05, 4.69) is 10.3 Å². The summed E-state index contributed by atoms with van der Waals surface area (Å²) < 4.78 is 5.14. The predicted octanol–water partition coefficient (Wildman–Crippen LogP) is 4.59. The van der Waals surface area contributed by atoms with E-state index in [1.54, 1.807) is 49.5 Å². The van der Waals surface area contributed by atoms with Gasteiger partial charge in [-0.1, -0.05) is 43.3 Å². The number of aromatic nitrogens is 1. The molecule has 4 rings (SSSR count). The number of nitro groups is 1. The van der Waals surface area contributed by atoms with E-state index < -0.39 is 22.8 Å². The van der Waals surface area contributed by atoms with Crippen molar-refractivity contribution < 1.29 is 24.4 Å². The van der Waals surface area contributed by atoms with E-state index >= 15 is 0 Å². The fourth-order valence-corrected chi connectivity index (χ4v) is 5.00. The topological polar surface area (TPSA) is 155 Å². The number of aliphatic hydroxyl groups is 1. The Morgan fingerprint density at radius 1 is 1.12 bits per heavy atom. The average molecular weight is 587 g/mol. The lowest BCUT2D eigenvalue weighted by molar-refractivity contribution is -0.384. The highest BCUT2D eigenvalue weighted by atomic mass is 16.6. The molecule has 0 fully saturated rings. The Morgan fingerprint density at radius 2 is 1.91 bits per heavy atom. The number of carbonyl (C=O) groups is 2. The summed E-state index contributed by atoms with van der Waals surface area (Å²) in [5.74, 6) is -1.22. The van der Waals surface area contributed by atoms with Crippen LogP contribution >= 0.6 is 0 Å². The predicted molar refractivity (Wildman–Crippen MR) is 163 cm³/mol. The molecule has 0 radical (unpaired) electrons. The molecule has 0 bridgehead atoms. The smallest absolute Gasteiger partial charge is 0.325 e. The SMILES string of the molecule is CCOC(=O)CN(Cc1cccc([N+](=O)[O-])c1)C(=O)C(Nc1ccc2cc[nH]c(=O)c2c1)c1ccc([C@@H](C)CO)c(C)c1. The summed E-state index contributed by atoms with van der Waals surface area (Å²) in [6, 6.07) is 17.3. The van der Waals surface area contributed by atoms with Gasteiger partial charge in [-0.3, -0.25) is 24.5 Å². The lowest BCUT2D eigenvalue weighted by Gasteiger charge is -2.29. The Bertz CT molecular complexity index is 1700. The van der Waals surface area contributed by atoms with Crippen LogP contribution in [0.15, 0.2) is 77.7 Å². The van der Waals surface area contributed by atoms with E-state index in [4.69, 9.17) is 4.74 Å². The Hall–Kier alpha value is -5.03. The number of aromatic amines is 1. The summed E-state index contributed by atoms with van der Waals surface area (Å²) in [6.45, 7) is 5.06. The molecule has 4 aromatic rings. The molecule has 1 aromatic heterocycles. The number of hydrogen-bond acceptors (Lipinski definition) is 8. The highest BCUT2D eigenvalue weighted by Gasteiger charge is 2.29. The van der Waals surface area contributed by atoms with Gasteiger partial charge in [-0.05, 0) is 59.7 Å². The van der Waals surface area contributed by atoms with Gasteiger partial charge in [-0.15, -0.1) is 0 Å². The molecule has 2 atom stereocenters. The first kappa shape index (κ1) is 30.9. The lowest BCUT2D eigenvalue weighted by Crippen LogP contribution is -2.41. The second-order valence-corrected chi connectivity index (χ2v) is 10.3. The first-order valence-corrected chi connectivity index (χ1v) is 13.9. The molecule has 1 amide bonds. The third-order valence-electron chi connectivity index (χ3n) is 7.20. The quantitative estimate of drug-likeness (QED) is 0.124. The van der Waals surface area contributed by atoms with Gasteiger partial charge in [0.1, 0.15) is 12.6 Å². The molecule has 0 aliphatic heterocycles. The molecule has 3 aromatic carbocycles. The third-order valence-corrected chi connectivity index (χ3v) is 7.20. The Kier molecular flexibility index (Phi) is 9.89. The lowest BCUT2D eigenvalue weighted by atomic mass is 9.93. The molecule has 11 nitrogen and oxygen atoms in total. The van der Waals surface area contributed by atoms with E-state index in [0.29, 0.717) is 22.2 Å². The van der Waals surface area contributed by atoms with Crippen molar-refractivity contribution in [2.24, 2.45) is 0 Å². The monoisotopic (exact) mass is 586 g/mol. The molecule has 0 saturated carbocycles. The van der Waals surface area contributed by atoms with Crippen molar-refractivity contribution in [1.82, 2.24) is 9.88 Å². The van der Waals surface area contributed by atoms with Crippen molar-refractivity contribution in [2.45, 2.75) is 39.3 Å². The number of hydrogen-bond donors (Lipinski definition) is 3. The summed E-state index contributed by atoms with van der Waals surface area (Å²) in [6.07, 6.45) is 1.56. The van der Waals surface area contributed by atoms with Crippen molar-refractivity contribution in [1.29, 1.82) is 0 Å². The van der Waals surface area contributed by atoms with Gasteiger partial charge in [0.25, 0.3) is 17.2 Å². The second kappa shape index (κ2) is 13.8. The highest BCUT2D eigenvalue weighted by molar-refractivity contribution is 5.90. The number of esters is 1. The van der Waals surface area contributed by atoms with Crippen molar-refractivity contribution in [2.75, 3.05) is 25.1 Å². The van der Waals surface area contributed by atoms with Gasteiger partial charge in [0.2, 0.25) is 0 Å². The van der Waals surface area contributed by atoms with Crippen LogP contribution in [0, 0.1) is 17.0 Å². The molecule has 0 spiro atoms. The number of ether oxygens (including phenoxy) is 1. The van der Waals surface area contributed by atoms with Crippen LogP contribution in [0.5, 0.6) is 0 Å². The Labute approximate surface area is 248 Å². The van der Waals surface area contributed by atoms with Crippen molar-refractivity contribution in [3.8, 4) is 0 Å². The van der Waals surface area contributed by atoms with Crippen LogP contribution in [0.25, 0.3) is 10.8 Å². The van der Waals surface area contributed by atoms with Crippen molar-refractivity contribution >= 4 is 34.0 Å². The van der Waals surface area contributed by atoms with Crippen LogP contribution in [0.2, 0.25) is 0 Å². The highest BCUT2D eigenvalue weighted by Crippen LogP contribution is 2.29. The molecule has 0 aliphatic rings. The number of fused-ring (bicyclic) bond motifs is 1. The zero-order valence-corrected chi connectivity index (χ0v) is 24.2. The standard InChI is InChI=1S/C32H34N4O7/c1-4-43-29(38)18-35(17-22-6-5-7-26(15-22)36(41)42)32(40)30(24-9-11-27(20(2)14-24)21(3)19-37)34-25-10-8-23-12-13-33-31(39)28(23)16-25/h5-16,21,30,34,37H,4,17-19H2,1-3H3,(H,33,39)/t21-,30?/m0/s1. The van der Waals surface area contributed by atoms with E-state index in [0.717, 1.165) is 16.5 Å². The number of carbonyl (C=O) groups excluding carboxylic acids is 2. The first-order valence-electron chi connectivity index (χ1n) is 13.9. The number of nitro benzene ring substituents is 1. The average Bonchev–Trinajstić information content (AvgIpc) is 2.99. The van der Waals surface area contributed by atoms with Gasteiger partial charge in [0.15, 0.2) is 0 Å². The summed E-state index contributed by atoms with van der Waals surface area (Å²) in [5.41, 5.74) is 2.92. The fraction of sp³-hybridized carbons (Fsp3) is 0.281. The molecule has 11 heteroatoms. The Morgan fingerprint density at radius 3 is 2.60 bits per heavy atom. The molecule has 3 N–H and O–H groups in total. The van der Waals surface area contributed by atoms with Crippen LogP contribution in [-0.2, 0) is 20.9 Å². The maximum absolute atomic E-state index is 14.3. The van der Waals surface area contributed by atoms with Gasteiger partial charge < -0.3 is 25.0 Å². The number of non-ortho nitro benzene ring substituents is 1. The number of amides is 1.